The number of aryl methyl sites for hydroxylation is 1. The summed E-state index contributed by atoms with van der Waals surface area (Å²) in [4.78, 5) is 18.5. The molecule has 7 heteroatoms. The van der Waals surface area contributed by atoms with E-state index in [0.29, 0.717) is 11.5 Å². The lowest BCUT2D eigenvalue weighted by molar-refractivity contribution is 0.0525. The molecule has 0 aromatic carbocycles. The molecule has 0 atom stereocenters. The number of carbonyl (C=O) groups excluding carboxylic acids is 1. The molecule has 1 aliphatic rings. The van der Waals surface area contributed by atoms with Crippen molar-refractivity contribution in [2.24, 2.45) is 5.73 Å². The van der Waals surface area contributed by atoms with Gasteiger partial charge in [-0.1, -0.05) is 0 Å². The number of aromatic nitrogens is 1. The van der Waals surface area contributed by atoms with Crippen molar-refractivity contribution in [3.8, 4) is 6.07 Å². The van der Waals surface area contributed by atoms with Crippen LogP contribution in [0, 0.1) is 18.3 Å². The van der Waals surface area contributed by atoms with E-state index in [4.69, 9.17) is 10.5 Å². The zero-order chi connectivity index (χ0) is 15.4. The lowest BCUT2D eigenvalue weighted by atomic mass is 10.0. The minimum absolute atomic E-state index is 0. The Bertz CT molecular complexity index is 578. The SMILES string of the molecule is CCOC(=O)c1cc(C)nc(N2CCC(N)CC2)c1C#N.Cl. The molecule has 1 aromatic rings. The lowest BCUT2D eigenvalue weighted by Crippen LogP contribution is -2.40. The molecule has 0 radical (unpaired) electrons. The van der Waals surface area contributed by atoms with Gasteiger partial charge in [0, 0.05) is 24.8 Å². The highest BCUT2D eigenvalue weighted by atomic mass is 35.5. The first-order chi connectivity index (χ1) is 10.1. The van der Waals surface area contributed by atoms with E-state index in [9.17, 15) is 10.1 Å². The summed E-state index contributed by atoms with van der Waals surface area (Å²) in [5.74, 6) is 0.0852. The summed E-state index contributed by atoms with van der Waals surface area (Å²) in [6.45, 7) is 5.32. The molecule has 0 saturated carbocycles. The topological polar surface area (TPSA) is 92.2 Å². The van der Waals surface area contributed by atoms with E-state index in [1.54, 1.807) is 13.0 Å². The number of nitrogens with two attached hydrogens (primary N) is 1. The van der Waals surface area contributed by atoms with E-state index in [0.717, 1.165) is 25.9 Å². The van der Waals surface area contributed by atoms with Gasteiger partial charge in [0.05, 0.1) is 12.2 Å². The Labute approximate surface area is 136 Å². The predicted molar refractivity (Wildman–Crippen MR) is 86.3 cm³/mol. The largest absolute Gasteiger partial charge is 0.462 e. The molecule has 0 aliphatic carbocycles. The second-order valence-corrected chi connectivity index (χ2v) is 5.17. The van der Waals surface area contributed by atoms with Crippen LogP contribution in [-0.2, 0) is 4.74 Å². The van der Waals surface area contributed by atoms with Gasteiger partial charge in [0.25, 0.3) is 0 Å². The molecule has 0 amide bonds. The molecule has 0 bridgehead atoms. The Morgan fingerprint density at radius 1 is 1.55 bits per heavy atom. The fourth-order valence-electron chi connectivity index (χ4n) is 2.48. The van der Waals surface area contributed by atoms with Gasteiger partial charge in [-0.25, -0.2) is 9.78 Å². The Morgan fingerprint density at radius 3 is 2.73 bits per heavy atom. The van der Waals surface area contributed by atoms with Gasteiger partial charge in [-0.2, -0.15) is 5.26 Å². The monoisotopic (exact) mass is 324 g/mol. The summed E-state index contributed by atoms with van der Waals surface area (Å²) in [5.41, 5.74) is 7.18. The summed E-state index contributed by atoms with van der Waals surface area (Å²) in [7, 11) is 0. The Kier molecular flexibility index (Phi) is 6.60. The molecular formula is C15H21ClN4O2. The highest BCUT2D eigenvalue weighted by molar-refractivity contribution is 5.94. The molecule has 6 nitrogen and oxygen atoms in total. The standard InChI is InChI=1S/C15H20N4O2.ClH/c1-3-21-15(20)12-8-10(2)18-14(13(12)9-16)19-6-4-11(17)5-7-19;/h8,11H,3-7,17H2,1-2H3;1H. The van der Waals surface area contributed by atoms with Crippen molar-refractivity contribution in [3.63, 3.8) is 0 Å². The van der Waals surface area contributed by atoms with Gasteiger partial charge in [0.15, 0.2) is 0 Å². The molecule has 1 fully saturated rings. The summed E-state index contributed by atoms with van der Waals surface area (Å²) in [6, 6.07) is 3.91. The third-order valence-corrected chi connectivity index (χ3v) is 3.57. The number of hydrogen-bond acceptors (Lipinski definition) is 6. The van der Waals surface area contributed by atoms with Gasteiger partial charge in [0.1, 0.15) is 17.5 Å². The molecule has 1 aromatic heterocycles. The third-order valence-electron chi connectivity index (χ3n) is 3.57. The number of ether oxygens (including phenoxy) is 1. The first-order valence-electron chi connectivity index (χ1n) is 7.16. The van der Waals surface area contributed by atoms with E-state index in [1.807, 2.05) is 11.8 Å². The molecule has 2 heterocycles. The van der Waals surface area contributed by atoms with Crippen molar-refractivity contribution in [3.05, 3.63) is 22.9 Å². The first kappa shape index (κ1) is 18.2. The van der Waals surface area contributed by atoms with E-state index in [2.05, 4.69) is 11.1 Å². The van der Waals surface area contributed by atoms with Crippen molar-refractivity contribution in [2.45, 2.75) is 32.7 Å². The molecule has 2 rings (SSSR count). The summed E-state index contributed by atoms with van der Waals surface area (Å²) in [6.07, 6.45) is 1.71. The summed E-state index contributed by atoms with van der Waals surface area (Å²) >= 11 is 0. The van der Waals surface area contributed by atoms with Gasteiger partial charge < -0.3 is 15.4 Å². The summed E-state index contributed by atoms with van der Waals surface area (Å²) < 4.78 is 5.03. The van der Waals surface area contributed by atoms with Crippen LogP contribution in [-0.4, -0.2) is 36.7 Å². The maximum absolute atomic E-state index is 12.0. The third kappa shape index (κ3) is 3.87. The van der Waals surface area contributed by atoms with Crippen LogP contribution in [0.2, 0.25) is 0 Å². The minimum Gasteiger partial charge on any atom is -0.462 e. The Balaban J connectivity index is 0.00000242. The molecular weight excluding hydrogens is 304 g/mol. The van der Waals surface area contributed by atoms with Crippen LogP contribution in [0.25, 0.3) is 0 Å². The van der Waals surface area contributed by atoms with Crippen molar-refractivity contribution in [1.82, 2.24) is 4.98 Å². The molecule has 1 saturated heterocycles. The van der Waals surface area contributed by atoms with Crippen LogP contribution in [0.4, 0.5) is 5.82 Å². The molecule has 2 N–H and O–H groups in total. The number of halogens is 1. The number of esters is 1. The maximum Gasteiger partial charge on any atom is 0.339 e. The van der Waals surface area contributed by atoms with E-state index < -0.39 is 5.97 Å². The van der Waals surface area contributed by atoms with Crippen LogP contribution in [0.5, 0.6) is 0 Å². The van der Waals surface area contributed by atoms with Crippen molar-refractivity contribution >= 4 is 24.2 Å². The van der Waals surface area contributed by atoms with Crippen LogP contribution in [0.15, 0.2) is 6.07 Å². The number of nitrogens with zero attached hydrogens (tertiary/aromatic N) is 3. The molecule has 120 valence electrons. The van der Waals surface area contributed by atoms with Gasteiger partial charge in [0.2, 0.25) is 0 Å². The van der Waals surface area contributed by atoms with Gasteiger partial charge in [-0.05, 0) is 32.8 Å². The highest BCUT2D eigenvalue weighted by Gasteiger charge is 2.24. The number of anilines is 1. The molecule has 1 aliphatic heterocycles. The quantitative estimate of drug-likeness (QED) is 0.852. The van der Waals surface area contributed by atoms with Gasteiger partial charge >= 0.3 is 5.97 Å². The number of pyridine rings is 1. The van der Waals surface area contributed by atoms with Gasteiger partial charge in [-0.3, -0.25) is 0 Å². The Morgan fingerprint density at radius 2 is 2.18 bits per heavy atom. The first-order valence-corrected chi connectivity index (χ1v) is 7.16. The minimum atomic E-state index is -0.477. The Hall–Kier alpha value is -1.84. The zero-order valence-electron chi connectivity index (χ0n) is 12.8. The fraction of sp³-hybridized carbons (Fsp3) is 0.533. The highest BCUT2D eigenvalue weighted by Crippen LogP contribution is 2.25. The number of piperidine rings is 1. The molecule has 22 heavy (non-hydrogen) atoms. The van der Waals surface area contributed by atoms with Crippen LogP contribution in [0.3, 0.4) is 0 Å². The predicted octanol–water partition coefficient (Wildman–Crippen LogP) is 1.79. The smallest absolute Gasteiger partial charge is 0.339 e. The molecule has 0 unspecified atom stereocenters. The maximum atomic E-state index is 12.0. The number of rotatable bonds is 3. The van der Waals surface area contributed by atoms with Crippen LogP contribution >= 0.6 is 12.4 Å². The summed E-state index contributed by atoms with van der Waals surface area (Å²) in [5, 5.41) is 9.44. The fourth-order valence-corrected chi connectivity index (χ4v) is 2.48. The van der Waals surface area contributed by atoms with Crippen molar-refractivity contribution in [1.29, 1.82) is 5.26 Å². The average molecular weight is 325 g/mol. The number of nitriles is 1. The van der Waals surface area contributed by atoms with Crippen molar-refractivity contribution in [2.75, 3.05) is 24.6 Å². The zero-order valence-corrected chi connectivity index (χ0v) is 13.7. The average Bonchev–Trinajstić information content (AvgIpc) is 2.47. The number of hydrogen-bond donors (Lipinski definition) is 1. The normalized spacial score (nSPS) is 14.9. The lowest BCUT2D eigenvalue weighted by Gasteiger charge is -2.32. The second-order valence-electron chi connectivity index (χ2n) is 5.17. The van der Waals surface area contributed by atoms with E-state index in [1.165, 1.54) is 0 Å². The van der Waals surface area contributed by atoms with E-state index in [-0.39, 0.29) is 36.2 Å². The van der Waals surface area contributed by atoms with E-state index >= 15 is 0 Å². The van der Waals surface area contributed by atoms with Gasteiger partial charge in [-0.15, -0.1) is 12.4 Å². The number of carbonyl (C=O) groups is 1. The van der Waals surface area contributed by atoms with Crippen LogP contribution in [0.1, 0.15) is 41.4 Å². The van der Waals surface area contributed by atoms with Crippen molar-refractivity contribution < 1.29 is 9.53 Å². The van der Waals surface area contributed by atoms with Crippen LogP contribution < -0.4 is 10.6 Å². The molecule has 0 spiro atoms. The second kappa shape index (κ2) is 7.97.